The van der Waals surface area contributed by atoms with E-state index in [2.05, 4.69) is 15.2 Å². The van der Waals surface area contributed by atoms with E-state index in [4.69, 9.17) is 12.2 Å². The van der Waals surface area contributed by atoms with Gasteiger partial charge in [0, 0.05) is 20.6 Å². The van der Waals surface area contributed by atoms with Crippen molar-refractivity contribution in [3.63, 3.8) is 0 Å². The standard InChI is InChI=1S/C12H15N7O2S/c1-4-19-7(14-15-11(19)22)5-18-6-13-9-8(18)10(20)17(3)12(21)16(9)2/h6H,4-5H2,1-3H3,(H,15,22). The SMILES string of the molecule is CCn1c(Cn2cnc3c2c(=O)n(C)c(=O)n3C)n[nH]c1=S. The van der Waals surface area contributed by atoms with Crippen molar-refractivity contribution in [2.75, 3.05) is 0 Å². The van der Waals surface area contributed by atoms with Gasteiger partial charge in [-0.15, -0.1) is 0 Å². The fraction of sp³-hybridized carbons (Fsp3) is 0.417. The van der Waals surface area contributed by atoms with Crippen molar-refractivity contribution in [1.29, 1.82) is 0 Å². The van der Waals surface area contributed by atoms with Crippen LogP contribution in [0.2, 0.25) is 0 Å². The summed E-state index contributed by atoms with van der Waals surface area (Å²) in [7, 11) is 3.03. The fourth-order valence-corrected chi connectivity index (χ4v) is 2.75. The third-order valence-electron chi connectivity index (χ3n) is 3.68. The number of aryl methyl sites for hydroxylation is 1. The van der Waals surface area contributed by atoms with Gasteiger partial charge in [-0.2, -0.15) is 5.10 Å². The number of H-pyrrole nitrogens is 1. The molecule has 3 aromatic rings. The maximum Gasteiger partial charge on any atom is 0.332 e. The summed E-state index contributed by atoms with van der Waals surface area (Å²) in [6.45, 7) is 2.97. The Hall–Kier alpha value is -2.49. The molecule has 116 valence electrons. The van der Waals surface area contributed by atoms with E-state index in [1.807, 2.05) is 11.5 Å². The van der Waals surface area contributed by atoms with Crippen molar-refractivity contribution in [1.82, 2.24) is 33.4 Å². The maximum atomic E-state index is 12.4. The molecule has 3 aromatic heterocycles. The Morgan fingerprint density at radius 3 is 2.68 bits per heavy atom. The van der Waals surface area contributed by atoms with Crippen molar-refractivity contribution in [3.8, 4) is 0 Å². The zero-order chi connectivity index (χ0) is 16.0. The van der Waals surface area contributed by atoms with Crippen LogP contribution in [0.4, 0.5) is 0 Å². The fourth-order valence-electron chi connectivity index (χ4n) is 2.47. The predicted octanol–water partition coefficient (Wildman–Crippen LogP) is -0.244. The van der Waals surface area contributed by atoms with Crippen molar-refractivity contribution < 1.29 is 0 Å². The van der Waals surface area contributed by atoms with Gasteiger partial charge >= 0.3 is 5.69 Å². The molecule has 0 unspecified atom stereocenters. The number of hydrogen-bond donors (Lipinski definition) is 1. The minimum Gasteiger partial charge on any atom is -0.317 e. The molecule has 0 aromatic carbocycles. The van der Waals surface area contributed by atoms with Gasteiger partial charge in [0.05, 0.1) is 12.9 Å². The molecule has 0 radical (unpaired) electrons. The molecule has 0 aliphatic heterocycles. The summed E-state index contributed by atoms with van der Waals surface area (Å²) < 4.78 is 6.46. The second-order valence-corrected chi connectivity index (χ2v) is 5.33. The molecule has 0 saturated heterocycles. The summed E-state index contributed by atoms with van der Waals surface area (Å²) in [6, 6.07) is 0. The summed E-state index contributed by atoms with van der Waals surface area (Å²) >= 11 is 5.16. The average molecular weight is 321 g/mol. The van der Waals surface area contributed by atoms with E-state index in [-0.39, 0.29) is 5.56 Å². The van der Waals surface area contributed by atoms with Crippen LogP contribution in [-0.4, -0.2) is 33.4 Å². The Labute approximate surface area is 129 Å². The number of hydrogen-bond acceptors (Lipinski definition) is 5. The van der Waals surface area contributed by atoms with E-state index < -0.39 is 5.69 Å². The predicted molar refractivity (Wildman–Crippen MR) is 82.4 cm³/mol. The summed E-state index contributed by atoms with van der Waals surface area (Å²) in [4.78, 5) is 28.5. The molecule has 0 aliphatic carbocycles. The Bertz CT molecular complexity index is 1030. The molecule has 3 rings (SSSR count). The molecule has 1 N–H and O–H groups in total. The molecule has 0 amide bonds. The van der Waals surface area contributed by atoms with Crippen LogP contribution in [0.25, 0.3) is 11.2 Å². The smallest absolute Gasteiger partial charge is 0.317 e. The lowest BCUT2D eigenvalue weighted by atomic mass is 10.4. The van der Waals surface area contributed by atoms with Crippen molar-refractivity contribution >= 4 is 23.4 Å². The van der Waals surface area contributed by atoms with Gasteiger partial charge in [0.15, 0.2) is 21.8 Å². The second-order valence-electron chi connectivity index (χ2n) is 4.94. The van der Waals surface area contributed by atoms with Gasteiger partial charge in [-0.05, 0) is 19.1 Å². The summed E-state index contributed by atoms with van der Waals surface area (Å²) in [5, 5.41) is 6.92. The molecule has 9 nitrogen and oxygen atoms in total. The van der Waals surface area contributed by atoms with Crippen LogP contribution >= 0.6 is 12.2 Å². The van der Waals surface area contributed by atoms with Gasteiger partial charge in [0.1, 0.15) is 0 Å². The molecule has 22 heavy (non-hydrogen) atoms. The van der Waals surface area contributed by atoms with E-state index in [9.17, 15) is 9.59 Å². The summed E-state index contributed by atoms with van der Waals surface area (Å²) in [6.07, 6.45) is 1.53. The van der Waals surface area contributed by atoms with E-state index in [0.717, 1.165) is 4.57 Å². The minimum atomic E-state index is -0.404. The normalized spacial score (nSPS) is 11.4. The maximum absolute atomic E-state index is 12.4. The lowest BCUT2D eigenvalue weighted by Crippen LogP contribution is -2.37. The van der Waals surface area contributed by atoms with Crippen LogP contribution in [-0.2, 0) is 27.2 Å². The van der Waals surface area contributed by atoms with E-state index in [0.29, 0.717) is 34.8 Å². The lowest BCUT2D eigenvalue weighted by Gasteiger charge is -2.07. The number of nitrogens with zero attached hydrogens (tertiary/aromatic N) is 6. The number of nitrogens with one attached hydrogen (secondary N) is 1. The second kappa shape index (κ2) is 5.05. The number of aromatic amines is 1. The van der Waals surface area contributed by atoms with Gasteiger partial charge in [-0.1, -0.05) is 0 Å². The topological polar surface area (TPSA) is 95.4 Å². The van der Waals surface area contributed by atoms with Crippen LogP contribution < -0.4 is 11.2 Å². The molecule has 0 fully saturated rings. The zero-order valence-electron chi connectivity index (χ0n) is 12.4. The highest BCUT2D eigenvalue weighted by molar-refractivity contribution is 7.71. The molecular formula is C12H15N7O2S. The van der Waals surface area contributed by atoms with Gasteiger partial charge in [0.25, 0.3) is 5.56 Å². The first kappa shape index (κ1) is 14.4. The number of aromatic nitrogens is 7. The number of fused-ring (bicyclic) bond motifs is 1. The third-order valence-corrected chi connectivity index (χ3v) is 3.99. The average Bonchev–Trinajstić information content (AvgIpc) is 3.07. The molecule has 0 saturated carbocycles. The van der Waals surface area contributed by atoms with Crippen molar-refractivity contribution in [2.45, 2.75) is 20.0 Å². The Morgan fingerprint density at radius 2 is 2.00 bits per heavy atom. The van der Waals surface area contributed by atoms with E-state index >= 15 is 0 Å². The number of rotatable bonds is 3. The minimum absolute atomic E-state index is 0.338. The first-order valence-electron chi connectivity index (χ1n) is 6.70. The molecule has 0 aliphatic rings. The van der Waals surface area contributed by atoms with Crippen LogP contribution in [0.5, 0.6) is 0 Å². The molecule has 3 heterocycles. The lowest BCUT2D eigenvalue weighted by molar-refractivity contribution is 0.649. The van der Waals surface area contributed by atoms with Crippen molar-refractivity contribution in [2.24, 2.45) is 14.1 Å². The van der Waals surface area contributed by atoms with Crippen LogP contribution in [0.15, 0.2) is 15.9 Å². The van der Waals surface area contributed by atoms with Gasteiger partial charge in [-0.25, -0.2) is 9.78 Å². The summed E-state index contributed by atoms with van der Waals surface area (Å²) in [5.41, 5.74) is -0.0711. The monoisotopic (exact) mass is 321 g/mol. The van der Waals surface area contributed by atoms with Crippen molar-refractivity contribution in [3.05, 3.63) is 37.8 Å². The summed E-state index contributed by atoms with van der Waals surface area (Å²) in [5.74, 6) is 0.697. The highest BCUT2D eigenvalue weighted by Crippen LogP contribution is 2.08. The Balaban J connectivity index is 2.23. The number of imidazole rings is 1. The highest BCUT2D eigenvalue weighted by atomic mass is 32.1. The van der Waals surface area contributed by atoms with E-state index in [1.165, 1.54) is 17.9 Å². The van der Waals surface area contributed by atoms with Gasteiger partial charge in [-0.3, -0.25) is 19.0 Å². The van der Waals surface area contributed by atoms with Crippen LogP contribution in [0.3, 0.4) is 0 Å². The molecule has 0 spiro atoms. The molecule has 10 heteroatoms. The Kier molecular flexibility index (Phi) is 3.32. The largest absolute Gasteiger partial charge is 0.332 e. The van der Waals surface area contributed by atoms with Crippen LogP contribution in [0, 0.1) is 4.77 Å². The Morgan fingerprint density at radius 1 is 1.27 bits per heavy atom. The molecule has 0 bridgehead atoms. The van der Waals surface area contributed by atoms with E-state index in [1.54, 1.807) is 11.6 Å². The zero-order valence-corrected chi connectivity index (χ0v) is 13.2. The van der Waals surface area contributed by atoms with Gasteiger partial charge in [0.2, 0.25) is 0 Å². The molecular weight excluding hydrogens is 306 g/mol. The first-order chi connectivity index (χ1) is 10.5. The third kappa shape index (κ3) is 1.95. The molecule has 0 atom stereocenters. The quantitative estimate of drug-likeness (QED) is 0.672. The van der Waals surface area contributed by atoms with Crippen LogP contribution in [0.1, 0.15) is 12.7 Å². The highest BCUT2D eigenvalue weighted by Gasteiger charge is 2.15. The van der Waals surface area contributed by atoms with Gasteiger partial charge < -0.3 is 9.13 Å². The first-order valence-corrected chi connectivity index (χ1v) is 7.11.